The van der Waals surface area contributed by atoms with Crippen molar-refractivity contribution in [1.82, 2.24) is 15.5 Å². The molecule has 1 fully saturated rings. The van der Waals surface area contributed by atoms with Gasteiger partial charge in [-0.3, -0.25) is 9.69 Å². The molecule has 0 aromatic heterocycles. The molecule has 2 N–H and O–H groups in total. The van der Waals surface area contributed by atoms with Gasteiger partial charge < -0.3 is 10.6 Å². The lowest BCUT2D eigenvalue weighted by molar-refractivity contribution is -0.116. The Morgan fingerprint density at radius 2 is 2.25 bits per heavy atom. The van der Waals surface area contributed by atoms with Crippen molar-refractivity contribution in [2.75, 3.05) is 33.2 Å². The lowest BCUT2D eigenvalue weighted by atomic mass is 10.1. The molecule has 4 heteroatoms. The van der Waals surface area contributed by atoms with Gasteiger partial charge in [0.15, 0.2) is 0 Å². The molecule has 0 aliphatic carbocycles. The van der Waals surface area contributed by atoms with Gasteiger partial charge in [-0.1, -0.05) is 0 Å². The summed E-state index contributed by atoms with van der Waals surface area (Å²) in [7, 11) is 1.98. The van der Waals surface area contributed by atoms with Crippen molar-refractivity contribution in [1.29, 1.82) is 0 Å². The molecular weight excluding hydrogens is 202 g/mol. The van der Waals surface area contributed by atoms with Crippen LogP contribution in [-0.2, 0) is 4.79 Å². The monoisotopic (exact) mass is 227 g/mol. The number of Topliss-reactive ketones (excluding diaryl/α,β-unsaturated/α-hetero) is 1. The average Bonchev–Trinajstić information content (AvgIpc) is 2.64. The van der Waals surface area contributed by atoms with E-state index in [-0.39, 0.29) is 0 Å². The molecule has 0 saturated carbocycles. The highest BCUT2D eigenvalue weighted by Gasteiger charge is 2.21. The van der Waals surface area contributed by atoms with Crippen LogP contribution in [0, 0.1) is 0 Å². The van der Waals surface area contributed by atoms with E-state index in [4.69, 9.17) is 0 Å². The molecule has 1 unspecified atom stereocenters. The second kappa shape index (κ2) is 6.99. The van der Waals surface area contributed by atoms with E-state index in [9.17, 15) is 4.79 Å². The van der Waals surface area contributed by atoms with Gasteiger partial charge in [0.2, 0.25) is 0 Å². The fourth-order valence-corrected chi connectivity index (χ4v) is 2.09. The van der Waals surface area contributed by atoms with Gasteiger partial charge in [-0.05, 0) is 33.9 Å². The minimum atomic E-state index is 0.358. The minimum absolute atomic E-state index is 0.358. The Labute approximate surface area is 98.8 Å². The Kier molecular flexibility index (Phi) is 5.95. The van der Waals surface area contributed by atoms with Crippen LogP contribution in [0.2, 0.25) is 0 Å². The number of nitrogens with zero attached hydrogens (tertiary/aromatic N) is 1. The largest absolute Gasteiger partial charge is 0.318 e. The first kappa shape index (κ1) is 13.6. The summed E-state index contributed by atoms with van der Waals surface area (Å²) in [6, 6.07) is 0.980. The van der Waals surface area contributed by atoms with Gasteiger partial charge >= 0.3 is 0 Å². The third-order valence-corrected chi connectivity index (χ3v) is 3.21. The van der Waals surface area contributed by atoms with Crippen LogP contribution in [-0.4, -0.2) is 56.0 Å². The van der Waals surface area contributed by atoms with Crippen molar-refractivity contribution in [3.05, 3.63) is 0 Å². The van der Waals surface area contributed by atoms with Crippen molar-refractivity contribution in [2.24, 2.45) is 0 Å². The van der Waals surface area contributed by atoms with E-state index in [1.54, 1.807) is 0 Å². The molecule has 1 aliphatic heterocycles. The summed E-state index contributed by atoms with van der Waals surface area (Å²) in [5, 5.41) is 6.44. The number of likely N-dealkylation sites (N-methyl/N-ethyl adjacent to an activating group) is 1. The zero-order valence-electron chi connectivity index (χ0n) is 10.8. The molecule has 94 valence electrons. The molecule has 4 nitrogen and oxygen atoms in total. The first-order valence-electron chi connectivity index (χ1n) is 6.27. The van der Waals surface area contributed by atoms with E-state index in [0.29, 0.717) is 24.4 Å². The number of hydrogen-bond acceptors (Lipinski definition) is 4. The third kappa shape index (κ3) is 4.60. The third-order valence-electron chi connectivity index (χ3n) is 3.21. The van der Waals surface area contributed by atoms with Crippen molar-refractivity contribution >= 4 is 5.78 Å². The lowest BCUT2D eigenvalue weighted by Crippen LogP contribution is -2.39. The quantitative estimate of drug-likeness (QED) is 0.654. The standard InChI is InChI=1S/C12H25N3O/c1-10(2)15(7-5-13-3)6-4-11-8-12(16)9-14-11/h10-11,13-14H,4-9H2,1-3H3. The first-order valence-corrected chi connectivity index (χ1v) is 6.27. The number of nitrogens with one attached hydrogen (secondary N) is 2. The molecule has 1 heterocycles. The molecule has 16 heavy (non-hydrogen) atoms. The maximum atomic E-state index is 11.1. The molecule has 0 spiro atoms. The fraction of sp³-hybridized carbons (Fsp3) is 0.917. The van der Waals surface area contributed by atoms with Gasteiger partial charge in [0, 0.05) is 31.6 Å². The van der Waals surface area contributed by atoms with Gasteiger partial charge in [-0.2, -0.15) is 0 Å². The van der Waals surface area contributed by atoms with Crippen molar-refractivity contribution < 1.29 is 4.79 Å². The van der Waals surface area contributed by atoms with Crippen molar-refractivity contribution in [3.63, 3.8) is 0 Å². The molecule has 1 rings (SSSR count). The van der Waals surface area contributed by atoms with Gasteiger partial charge in [0.1, 0.15) is 5.78 Å². The summed E-state index contributed by atoms with van der Waals surface area (Å²) < 4.78 is 0. The summed E-state index contributed by atoms with van der Waals surface area (Å²) >= 11 is 0. The second-order valence-corrected chi connectivity index (χ2v) is 4.84. The van der Waals surface area contributed by atoms with Crippen LogP contribution in [0.3, 0.4) is 0 Å². The van der Waals surface area contributed by atoms with E-state index in [1.807, 2.05) is 7.05 Å². The Hall–Kier alpha value is -0.450. The SMILES string of the molecule is CNCCN(CCC1CC(=O)CN1)C(C)C. The van der Waals surface area contributed by atoms with Gasteiger partial charge in [-0.15, -0.1) is 0 Å². The van der Waals surface area contributed by atoms with E-state index in [0.717, 1.165) is 32.5 Å². The van der Waals surface area contributed by atoms with Crippen molar-refractivity contribution in [2.45, 2.75) is 38.8 Å². The second-order valence-electron chi connectivity index (χ2n) is 4.84. The number of ketones is 1. The van der Waals surface area contributed by atoms with Crippen LogP contribution in [0.25, 0.3) is 0 Å². The summed E-state index contributed by atoms with van der Waals surface area (Å²) in [5.41, 5.74) is 0. The van der Waals surface area contributed by atoms with Gasteiger partial charge in [0.05, 0.1) is 6.54 Å². The molecular formula is C12H25N3O. The van der Waals surface area contributed by atoms with Crippen molar-refractivity contribution in [3.8, 4) is 0 Å². The Morgan fingerprint density at radius 1 is 1.50 bits per heavy atom. The van der Waals surface area contributed by atoms with Crippen LogP contribution in [0.15, 0.2) is 0 Å². The van der Waals surface area contributed by atoms with Crippen LogP contribution in [0.1, 0.15) is 26.7 Å². The Bertz CT molecular complexity index is 218. The minimum Gasteiger partial charge on any atom is -0.318 e. The predicted octanol–water partition coefficient (Wildman–Crippen LogP) is 0.237. The van der Waals surface area contributed by atoms with Gasteiger partial charge in [0.25, 0.3) is 0 Å². The normalized spacial score (nSPS) is 21.3. The molecule has 1 aliphatic rings. The Morgan fingerprint density at radius 3 is 2.75 bits per heavy atom. The Balaban J connectivity index is 2.23. The maximum absolute atomic E-state index is 11.1. The maximum Gasteiger partial charge on any atom is 0.148 e. The fourth-order valence-electron chi connectivity index (χ4n) is 2.09. The smallest absolute Gasteiger partial charge is 0.148 e. The summed E-state index contributed by atoms with van der Waals surface area (Å²) in [5.74, 6) is 0.358. The molecule has 0 radical (unpaired) electrons. The summed E-state index contributed by atoms with van der Waals surface area (Å²) in [6.07, 6.45) is 1.80. The van der Waals surface area contributed by atoms with Crippen LogP contribution >= 0.6 is 0 Å². The van der Waals surface area contributed by atoms with Crippen LogP contribution in [0.4, 0.5) is 0 Å². The number of carbonyl (C=O) groups excluding carboxylic acids is 1. The van der Waals surface area contributed by atoms with Gasteiger partial charge in [-0.25, -0.2) is 0 Å². The highest BCUT2D eigenvalue weighted by molar-refractivity contribution is 5.83. The van der Waals surface area contributed by atoms with E-state index >= 15 is 0 Å². The van der Waals surface area contributed by atoms with Crippen LogP contribution < -0.4 is 10.6 Å². The average molecular weight is 227 g/mol. The molecule has 0 bridgehead atoms. The number of rotatable bonds is 7. The summed E-state index contributed by atoms with van der Waals surface area (Å²) in [4.78, 5) is 13.6. The number of hydrogen-bond donors (Lipinski definition) is 2. The van der Waals surface area contributed by atoms with E-state index < -0.39 is 0 Å². The highest BCUT2D eigenvalue weighted by atomic mass is 16.1. The predicted molar refractivity (Wildman–Crippen MR) is 66.7 cm³/mol. The van der Waals surface area contributed by atoms with E-state index in [2.05, 4.69) is 29.4 Å². The molecule has 0 aromatic carbocycles. The summed E-state index contributed by atoms with van der Waals surface area (Å²) in [6.45, 7) is 8.20. The molecule has 0 amide bonds. The van der Waals surface area contributed by atoms with E-state index in [1.165, 1.54) is 0 Å². The topological polar surface area (TPSA) is 44.4 Å². The van der Waals surface area contributed by atoms with Crippen LogP contribution in [0.5, 0.6) is 0 Å². The molecule has 0 aromatic rings. The highest BCUT2D eigenvalue weighted by Crippen LogP contribution is 2.08. The zero-order chi connectivity index (χ0) is 12.0. The molecule has 1 atom stereocenters. The first-order chi connectivity index (χ1) is 7.63. The zero-order valence-corrected chi connectivity index (χ0v) is 10.8. The molecule has 1 saturated heterocycles. The number of carbonyl (C=O) groups is 1. The lowest BCUT2D eigenvalue weighted by Gasteiger charge is -2.27.